The number of benzene rings is 1. The molecule has 0 saturated carbocycles. The van der Waals surface area contributed by atoms with Gasteiger partial charge in [-0.15, -0.1) is 6.58 Å². The Hall–Kier alpha value is -1.12. The summed E-state index contributed by atoms with van der Waals surface area (Å²) in [7, 11) is 0. The number of hydrogen-bond acceptors (Lipinski definition) is 2. The molecule has 0 amide bonds. The van der Waals surface area contributed by atoms with Gasteiger partial charge in [0, 0.05) is 6.61 Å². The van der Waals surface area contributed by atoms with Crippen LogP contribution >= 0.6 is 0 Å². The van der Waals surface area contributed by atoms with Crippen LogP contribution in [-0.4, -0.2) is 19.8 Å². The predicted octanol–water partition coefficient (Wildman–Crippen LogP) is 2.97. The van der Waals surface area contributed by atoms with Crippen molar-refractivity contribution in [3.05, 3.63) is 48.6 Å². The second kappa shape index (κ2) is 7.21. The van der Waals surface area contributed by atoms with Crippen molar-refractivity contribution in [1.82, 2.24) is 0 Å². The second-order valence-electron chi connectivity index (χ2n) is 3.18. The van der Waals surface area contributed by atoms with Gasteiger partial charge in [-0.05, 0) is 12.5 Å². The van der Waals surface area contributed by atoms with Crippen LogP contribution in [0.2, 0.25) is 0 Å². The second-order valence-corrected chi connectivity index (χ2v) is 3.18. The molecule has 0 fully saturated rings. The Bertz CT molecular complexity index is 269. The number of hydrogen-bond donors (Lipinski definition) is 0. The summed E-state index contributed by atoms with van der Waals surface area (Å²) < 4.78 is 11.0. The van der Waals surface area contributed by atoms with Crippen molar-refractivity contribution in [2.24, 2.45) is 0 Å². The maximum Gasteiger partial charge on any atom is 0.106 e. The van der Waals surface area contributed by atoms with Crippen molar-refractivity contribution >= 4 is 0 Å². The van der Waals surface area contributed by atoms with Crippen molar-refractivity contribution in [2.75, 3.05) is 19.8 Å². The van der Waals surface area contributed by atoms with Crippen molar-refractivity contribution in [3.63, 3.8) is 0 Å². The molecule has 0 radical (unpaired) electrons. The molecule has 1 aromatic carbocycles. The van der Waals surface area contributed by atoms with Crippen molar-refractivity contribution in [2.45, 2.75) is 13.0 Å². The van der Waals surface area contributed by atoms with Crippen molar-refractivity contribution in [3.8, 4) is 0 Å². The van der Waals surface area contributed by atoms with Gasteiger partial charge in [-0.2, -0.15) is 0 Å². The molecule has 15 heavy (non-hydrogen) atoms. The first kappa shape index (κ1) is 12.0. The minimum absolute atomic E-state index is 0.0242. The highest BCUT2D eigenvalue weighted by Crippen LogP contribution is 2.17. The van der Waals surface area contributed by atoms with Crippen molar-refractivity contribution in [1.29, 1.82) is 0 Å². The number of ether oxygens (including phenoxy) is 2. The van der Waals surface area contributed by atoms with E-state index in [1.807, 2.05) is 25.1 Å². The number of rotatable bonds is 7. The van der Waals surface area contributed by atoms with E-state index in [-0.39, 0.29) is 6.10 Å². The first-order chi connectivity index (χ1) is 7.38. The third-order valence-electron chi connectivity index (χ3n) is 2.04. The normalized spacial score (nSPS) is 12.3. The Morgan fingerprint density at radius 2 is 2.07 bits per heavy atom. The van der Waals surface area contributed by atoms with Crippen LogP contribution in [0.15, 0.2) is 43.0 Å². The van der Waals surface area contributed by atoms with E-state index in [2.05, 4.69) is 18.7 Å². The highest BCUT2D eigenvalue weighted by Gasteiger charge is 2.10. The third kappa shape index (κ3) is 4.28. The van der Waals surface area contributed by atoms with Gasteiger partial charge in [0.15, 0.2) is 0 Å². The molecule has 0 aliphatic carbocycles. The molecule has 0 spiro atoms. The van der Waals surface area contributed by atoms with Gasteiger partial charge in [0.1, 0.15) is 6.10 Å². The molecule has 0 N–H and O–H groups in total. The van der Waals surface area contributed by atoms with Gasteiger partial charge >= 0.3 is 0 Å². The molecule has 1 unspecified atom stereocenters. The summed E-state index contributed by atoms with van der Waals surface area (Å²) in [5.41, 5.74) is 1.16. The largest absolute Gasteiger partial charge is 0.374 e. The van der Waals surface area contributed by atoms with Crippen LogP contribution in [-0.2, 0) is 9.47 Å². The van der Waals surface area contributed by atoms with Crippen LogP contribution < -0.4 is 0 Å². The standard InChI is InChI=1S/C13H18O2/c1-3-10-14-11-13(15-4-2)12-8-6-5-7-9-12/h3,5-9,13H,1,4,10-11H2,2H3. The predicted molar refractivity (Wildman–Crippen MR) is 61.8 cm³/mol. The zero-order valence-electron chi connectivity index (χ0n) is 9.19. The van der Waals surface area contributed by atoms with Gasteiger partial charge in [0.2, 0.25) is 0 Å². The summed E-state index contributed by atoms with van der Waals surface area (Å²) in [5, 5.41) is 0. The minimum atomic E-state index is 0.0242. The van der Waals surface area contributed by atoms with Crippen LogP contribution in [0.5, 0.6) is 0 Å². The molecule has 1 aromatic rings. The molecular weight excluding hydrogens is 188 g/mol. The van der Waals surface area contributed by atoms with Gasteiger partial charge in [-0.25, -0.2) is 0 Å². The molecule has 1 atom stereocenters. The zero-order chi connectivity index (χ0) is 10.9. The molecule has 0 heterocycles. The molecular formula is C13H18O2. The van der Waals surface area contributed by atoms with E-state index < -0.39 is 0 Å². The van der Waals surface area contributed by atoms with Gasteiger partial charge in [-0.1, -0.05) is 36.4 Å². The first-order valence-corrected chi connectivity index (χ1v) is 5.23. The summed E-state index contributed by atoms with van der Waals surface area (Å²) in [5.74, 6) is 0. The quantitative estimate of drug-likeness (QED) is 0.504. The van der Waals surface area contributed by atoms with Gasteiger partial charge in [-0.3, -0.25) is 0 Å². The average molecular weight is 206 g/mol. The fourth-order valence-corrected chi connectivity index (χ4v) is 1.37. The Kier molecular flexibility index (Phi) is 5.74. The topological polar surface area (TPSA) is 18.5 Å². The molecule has 0 aliphatic rings. The highest BCUT2D eigenvalue weighted by atomic mass is 16.5. The molecule has 2 nitrogen and oxygen atoms in total. The molecule has 0 bridgehead atoms. The lowest BCUT2D eigenvalue weighted by atomic mass is 10.1. The lowest BCUT2D eigenvalue weighted by molar-refractivity contribution is -0.00589. The zero-order valence-corrected chi connectivity index (χ0v) is 9.19. The monoisotopic (exact) mass is 206 g/mol. The SMILES string of the molecule is C=CCOCC(OCC)c1ccccc1. The molecule has 82 valence electrons. The summed E-state index contributed by atoms with van der Waals surface area (Å²) >= 11 is 0. The first-order valence-electron chi connectivity index (χ1n) is 5.23. The van der Waals surface area contributed by atoms with Gasteiger partial charge in [0.05, 0.1) is 13.2 Å². The average Bonchev–Trinajstić information content (AvgIpc) is 2.29. The third-order valence-corrected chi connectivity index (χ3v) is 2.04. The van der Waals surface area contributed by atoms with Crippen LogP contribution in [0.25, 0.3) is 0 Å². The summed E-state index contributed by atoms with van der Waals surface area (Å²) in [6, 6.07) is 10.1. The highest BCUT2D eigenvalue weighted by molar-refractivity contribution is 5.17. The van der Waals surface area contributed by atoms with Crippen LogP contribution in [0.1, 0.15) is 18.6 Å². The molecule has 2 heteroatoms. The van der Waals surface area contributed by atoms with E-state index in [4.69, 9.17) is 9.47 Å². The fourth-order valence-electron chi connectivity index (χ4n) is 1.37. The molecule has 0 aliphatic heterocycles. The lowest BCUT2D eigenvalue weighted by Gasteiger charge is -2.17. The molecule has 1 rings (SSSR count). The van der Waals surface area contributed by atoms with Crippen LogP contribution in [0, 0.1) is 0 Å². The van der Waals surface area contributed by atoms with E-state index in [0.717, 1.165) is 5.56 Å². The summed E-state index contributed by atoms with van der Waals surface area (Å²) in [6.07, 6.45) is 1.77. The maximum atomic E-state index is 5.62. The van der Waals surface area contributed by atoms with E-state index in [9.17, 15) is 0 Å². The maximum absolute atomic E-state index is 5.62. The Balaban J connectivity index is 2.53. The lowest BCUT2D eigenvalue weighted by Crippen LogP contribution is -2.11. The summed E-state index contributed by atoms with van der Waals surface area (Å²) in [4.78, 5) is 0. The van der Waals surface area contributed by atoms with Crippen LogP contribution in [0.4, 0.5) is 0 Å². The Labute approximate surface area is 91.5 Å². The van der Waals surface area contributed by atoms with Gasteiger partial charge < -0.3 is 9.47 Å². The molecule has 0 aromatic heterocycles. The Morgan fingerprint density at radius 1 is 1.33 bits per heavy atom. The smallest absolute Gasteiger partial charge is 0.106 e. The molecule has 0 saturated heterocycles. The van der Waals surface area contributed by atoms with E-state index in [1.54, 1.807) is 6.08 Å². The minimum Gasteiger partial charge on any atom is -0.374 e. The summed E-state index contributed by atoms with van der Waals surface area (Å²) in [6.45, 7) is 7.43. The van der Waals surface area contributed by atoms with E-state index >= 15 is 0 Å². The fraction of sp³-hybridized carbons (Fsp3) is 0.385. The van der Waals surface area contributed by atoms with Crippen molar-refractivity contribution < 1.29 is 9.47 Å². The van der Waals surface area contributed by atoms with E-state index in [1.165, 1.54) is 0 Å². The van der Waals surface area contributed by atoms with Crippen LogP contribution in [0.3, 0.4) is 0 Å². The Morgan fingerprint density at radius 3 is 2.67 bits per heavy atom. The van der Waals surface area contributed by atoms with Gasteiger partial charge in [0.25, 0.3) is 0 Å². The van der Waals surface area contributed by atoms with E-state index in [0.29, 0.717) is 19.8 Å².